The Morgan fingerprint density at radius 2 is 2.07 bits per heavy atom. The number of carbonyl (C=O) groups is 2. The van der Waals surface area contributed by atoms with Gasteiger partial charge in [-0.05, 0) is 6.92 Å². The molecule has 0 radical (unpaired) electrons. The lowest BCUT2D eigenvalue weighted by Crippen LogP contribution is -2.29. The third-order valence-corrected chi connectivity index (χ3v) is 2.21. The van der Waals surface area contributed by atoms with Crippen molar-refractivity contribution in [3.05, 3.63) is 10.1 Å². The molecule has 14 heavy (non-hydrogen) atoms. The predicted octanol–water partition coefficient (Wildman–Crippen LogP) is 0.318. The summed E-state index contributed by atoms with van der Waals surface area (Å²) in [4.78, 5) is 32.0. The van der Waals surface area contributed by atoms with Crippen molar-refractivity contribution in [2.45, 2.75) is 31.7 Å². The standard InChI is InChI=1S/C8H11NO5/c1-2-14-7(11)6(10)5-8(3-4-8)9(12)13/h2-5H2,1H3. The van der Waals surface area contributed by atoms with Gasteiger partial charge in [0.25, 0.3) is 0 Å². The van der Waals surface area contributed by atoms with E-state index in [2.05, 4.69) is 4.74 Å². The highest BCUT2D eigenvalue weighted by molar-refractivity contribution is 6.33. The average Bonchev–Trinajstić information content (AvgIpc) is 2.86. The number of nitrogens with zero attached hydrogens (tertiary/aromatic N) is 1. The molecule has 6 heteroatoms. The summed E-state index contributed by atoms with van der Waals surface area (Å²) in [6.07, 6.45) is 0.398. The van der Waals surface area contributed by atoms with Crippen molar-refractivity contribution < 1.29 is 19.2 Å². The fourth-order valence-corrected chi connectivity index (χ4v) is 1.15. The van der Waals surface area contributed by atoms with Crippen LogP contribution in [0.4, 0.5) is 0 Å². The Kier molecular flexibility index (Phi) is 2.83. The number of hydrogen-bond acceptors (Lipinski definition) is 5. The van der Waals surface area contributed by atoms with Gasteiger partial charge in [-0.3, -0.25) is 14.9 Å². The first kappa shape index (κ1) is 10.6. The molecule has 6 nitrogen and oxygen atoms in total. The van der Waals surface area contributed by atoms with Crippen LogP contribution in [0, 0.1) is 10.1 Å². The van der Waals surface area contributed by atoms with E-state index in [1.165, 1.54) is 0 Å². The van der Waals surface area contributed by atoms with Crippen molar-refractivity contribution in [3.63, 3.8) is 0 Å². The van der Waals surface area contributed by atoms with E-state index in [0.717, 1.165) is 0 Å². The zero-order valence-electron chi connectivity index (χ0n) is 7.82. The molecule has 0 bridgehead atoms. The minimum Gasteiger partial charge on any atom is -0.460 e. The molecule has 78 valence electrons. The Bertz CT molecular complexity index is 281. The van der Waals surface area contributed by atoms with Crippen LogP contribution >= 0.6 is 0 Å². The van der Waals surface area contributed by atoms with Gasteiger partial charge >= 0.3 is 5.97 Å². The zero-order valence-corrected chi connectivity index (χ0v) is 7.82. The molecule has 1 aliphatic carbocycles. The quantitative estimate of drug-likeness (QED) is 0.276. The van der Waals surface area contributed by atoms with Crippen LogP contribution in [0.25, 0.3) is 0 Å². The fraction of sp³-hybridized carbons (Fsp3) is 0.750. The maximum Gasteiger partial charge on any atom is 0.374 e. The summed E-state index contributed by atoms with van der Waals surface area (Å²) in [6, 6.07) is 0. The van der Waals surface area contributed by atoms with Crippen LogP contribution < -0.4 is 0 Å². The molecule has 0 atom stereocenters. The Morgan fingerprint density at radius 3 is 2.43 bits per heavy atom. The van der Waals surface area contributed by atoms with Gasteiger partial charge in [-0.1, -0.05) is 0 Å². The van der Waals surface area contributed by atoms with Gasteiger partial charge < -0.3 is 4.74 Å². The number of nitro groups is 1. The van der Waals surface area contributed by atoms with E-state index in [1.807, 2.05) is 0 Å². The van der Waals surface area contributed by atoms with Crippen LogP contribution in [0.5, 0.6) is 0 Å². The molecule has 1 fully saturated rings. The SMILES string of the molecule is CCOC(=O)C(=O)CC1([N+](=O)[O-])CC1. The number of rotatable bonds is 5. The molecule has 0 aromatic heterocycles. The average molecular weight is 201 g/mol. The van der Waals surface area contributed by atoms with E-state index in [4.69, 9.17) is 0 Å². The number of ether oxygens (including phenoxy) is 1. The monoisotopic (exact) mass is 201 g/mol. The van der Waals surface area contributed by atoms with Crippen LogP contribution in [0.2, 0.25) is 0 Å². The molecule has 0 heterocycles. The van der Waals surface area contributed by atoms with Crippen LogP contribution in [0.15, 0.2) is 0 Å². The molecule has 0 spiro atoms. The summed E-state index contributed by atoms with van der Waals surface area (Å²) in [5.41, 5.74) is -1.18. The number of carbonyl (C=O) groups excluding carboxylic acids is 2. The normalized spacial score (nSPS) is 17.2. The smallest absolute Gasteiger partial charge is 0.374 e. The van der Waals surface area contributed by atoms with Gasteiger partial charge in [0.1, 0.15) is 0 Å². The summed E-state index contributed by atoms with van der Waals surface area (Å²) >= 11 is 0. The van der Waals surface area contributed by atoms with Crippen LogP contribution in [-0.2, 0) is 14.3 Å². The lowest BCUT2D eigenvalue weighted by molar-refractivity contribution is -0.537. The topological polar surface area (TPSA) is 86.5 Å². The predicted molar refractivity (Wildman–Crippen MR) is 45.2 cm³/mol. The lowest BCUT2D eigenvalue weighted by atomic mass is 10.1. The Labute approximate surface area is 80.4 Å². The first-order valence-corrected chi connectivity index (χ1v) is 4.36. The van der Waals surface area contributed by atoms with Gasteiger partial charge in [0.15, 0.2) is 0 Å². The third-order valence-electron chi connectivity index (χ3n) is 2.21. The molecule has 1 saturated carbocycles. The van der Waals surface area contributed by atoms with Crippen LogP contribution in [0.1, 0.15) is 26.2 Å². The molecule has 0 aromatic rings. The van der Waals surface area contributed by atoms with Crippen LogP contribution in [0.3, 0.4) is 0 Å². The molecule has 0 aromatic carbocycles. The molecule has 1 rings (SSSR count). The highest BCUT2D eigenvalue weighted by atomic mass is 16.6. The van der Waals surface area contributed by atoms with Gasteiger partial charge in [0.2, 0.25) is 11.3 Å². The summed E-state index contributed by atoms with van der Waals surface area (Å²) in [6.45, 7) is 1.68. The Hall–Kier alpha value is -1.46. The number of hydrogen-bond donors (Lipinski definition) is 0. The minimum atomic E-state index is -1.18. The molecule has 0 saturated heterocycles. The number of esters is 1. The molecular weight excluding hydrogens is 190 g/mol. The van der Waals surface area contributed by atoms with E-state index in [1.54, 1.807) is 6.92 Å². The summed E-state index contributed by atoms with van der Waals surface area (Å²) in [5, 5.41) is 10.5. The maximum atomic E-state index is 11.1. The zero-order chi connectivity index (χ0) is 10.8. The number of ketones is 1. The second kappa shape index (κ2) is 3.73. The van der Waals surface area contributed by atoms with Crippen molar-refractivity contribution in [2.24, 2.45) is 0 Å². The first-order chi connectivity index (χ1) is 6.52. The van der Waals surface area contributed by atoms with Crippen molar-refractivity contribution in [1.82, 2.24) is 0 Å². The van der Waals surface area contributed by atoms with E-state index >= 15 is 0 Å². The van der Waals surface area contributed by atoms with E-state index in [-0.39, 0.29) is 13.0 Å². The molecule has 1 aliphatic rings. The molecular formula is C8H11NO5. The molecule has 0 aliphatic heterocycles. The lowest BCUT2D eigenvalue weighted by Gasteiger charge is -2.04. The van der Waals surface area contributed by atoms with Crippen molar-refractivity contribution >= 4 is 11.8 Å². The first-order valence-electron chi connectivity index (χ1n) is 4.36. The van der Waals surface area contributed by atoms with Gasteiger partial charge in [0.05, 0.1) is 13.0 Å². The Balaban J connectivity index is 2.49. The Morgan fingerprint density at radius 1 is 1.50 bits per heavy atom. The van der Waals surface area contributed by atoms with Gasteiger partial charge in [-0.15, -0.1) is 0 Å². The highest BCUT2D eigenvalue weighted by Gasteiger charge is 2.57. The third kappa shape index (κ3) is 2.07. The maximum absolute atomic E-state index is 11.1. The minimum absolute atomic E-state index is 0.107. The number of Topliss-reactive ketones (excluding diaryl/α,β-unsaturated/α-hetero) is 1. The molecule has 0 amide bonds. The van der Waals surface area contributed by atoms with Crippen LogP contribution in [-0.4, -0.2) is 28.8 Å². The highest BCUT2D eigenvalue weighted by Crippen LogP contribution is 2.42. The summed E-state index contributed by atoms with van der Waals surface area (Å²) < 4.78 is 4.45. The fourth-order valence-electron chi connectivity index (χ4n) is 1.15. The van der Waals surface area contributed by atoms with E-state index in [0.29, 0.717) is 12.8 Å². The van der Waals surface area contributed by atoms with Gasteiger partial charge in [-0.25, -0.2) is 4.79 Å². The van der Waals surface area contributed by atoms with Crippen molar-refractivity contribution in [3.8, 4) is 0 Å². The summed E-state index contributed by atoms with van der Waals surface area (Å²) in [7, 11) is 0. The second-order valence-electron chi connectivity index (χ2n) is 3.30. The van der Waals surface area contributed by atoms with Gasteiger partial charge in [-0.2, -0.15) is 0 Å². The van der Waals surface area contributed by atoms with Gasteiger partial charge in [0, 0.05) is 17.8 Å². The van der Waals surface area contributed by atoms with E-state index in [9.17, 15) is 19.7 Å². The second-order valence-corrected chi connectivity index (χ2v) is 3.30. The molecule has 0 unspecified atom stereocenters. The summed E-state index contributed by atoms with van der Waals surface area (Å²) in [5.74, 6) is -1.78. The van der Waals surface area contributed by atoms with E-state index < -0.39 is 22.2 Å². The van der Waals surface area contributed by atoms with Crippen molar-refractivity contribution in [2.75, 3.05) is 6.61 Å². The largest absolute Gasteiger partial charge is 0.460 e. The van der Waals surface area contributed by atoms with Crippen molar-refractivity contribution in [1.29, 1.82) is 0 Å². The molecule has 0 N–H and O–H groups in total.